The number of amides is 1. The van der Waals surface area contributed by atoms with Crippen LogP contribution in [0.1, 0.15) is 70.6 Å². The highest BCUT2D eigenvalue weighted by Crippen LogP contribution is 2.30. The molecule has 1 aliphatic rings. The summed E-state index contributed by atoms with van der Waals surface area (Å²) in [4.78, 5) is 13.0. The Morgan fingerprint density at radius 2 is 1.35 bits per heavy atom. The van der Waals surface area contributed by atoms with Crippen molar-refractivity contribution in [3.05, 3.63) is 59.6 Å². The van der Waals surface area contributed by atoms with Crippen LogP contribution in [0.2, 0.25) is 5.02 Å². The van der Waals surface area contributed by atoms with Crippen LogP contribution in [-0.2, 0) is 14.8 Å². The number of hydrogen-bond acceptors (Lipinski definition) is 4. The third-order valence-corrected chi connectivity index (χ3v) is 8.10. The second kappa shape index (κ2) is 13.5. The number of sulfonamides is 1. The molecule has 34 heavy (non-hydrogen) atoms. The largest absolute Gasteiger partial charge is 0.271 e. The summed E-state index contributed by atoms with van der Waals surface area (Å²) in [5.41, 5.74) is 3.84. The van der Waals surface area contributed by atoms with Crippen LogP contribution in [-0.4, -0.2) is 26.6 Å². The molecule has 1 saturated carbocycles. The zero-order chi connectivity index (χ0) is 24.2. The van der Waals surface area contributed by atoms with E-state index in [1.807, 2.05) is 0 Å². The summed E-state index contributed by atoms with van der Waals surface area (Å²) in [7, 11) is -4.00. The number of anilines is 1. The second-order valence-electron chi connectivity index (χ2n) is 8.67. The Morgan fingerprint density at radius 1 is 0.824 bits per heavy atom. The Morgan fingerprint density at radius 3 is 1.94 bits per heavy atom. The molecule has 3 rings (SSSR count). The van der Waals surface area contributed by atoms with Crippen LogP contribution in [0, 0.1) is 0 Å². The zero-order valence-electron chi connectivity index (χ0n) is 19.6. The van der Waals surface area contributed by atoms with Gasteiger partial charge in [-0.1, -0.05) is 86.9 Å². The lowest BCUT2D eigenvalue weighted by Gasteiger charge is -2.24. The first-order valence-corrected chi connectivity index (χ1v) is 14.0. The molecule has 8 heteroatoms. The lowest BCUT2D eigenvalue weighted by atomic mass is 10.00. The molecular weight excluding hydrogens is 470 g/mol. The first kappa shape index (κ1) is 26.2. The predicted molar refractivity (Wildman–Crippen MR) is 139 cm³/mol. The molecule has 1 fully saturated rings. The normalized spacial score (nSPS) is 16.1. The quantitative estimate of drug-likeness (QED) is 0.469. The molecule has 2 aromatic rings. The monoisotopic (exact) mass is 503 g/mol. The highest BCUT2D eigenvalue weighted by Gasteiger charge is 2.28. The lowest BCUT2D eigenvalue weighted by Crippen LogP contribution is -2.40. The van der Waals surface area contributed by atoms with Crippen molar-refractivity contribution in [1.29, 1.82) is 0 Å². The van der Waals surface area contributed by atoms with E-state index in [1.165, 1.54) is 57.1 Å². The van der Waals surface area contributed by atoms with Crippen LogP contribution in [0.25, 0.3) is 0 Å². The minimum Gasteiger partial charge on any atom is -0.271 e. The number of benzene rings is 2. The maximum absolute atomic E-state index is 13.4. The molecule has 184 valence electrons. The van der Waals surface area contributed by atoms with E-state index in [2.05, 4.69) is 10.5 Å². The van der Waals surface area contributed by atoms with Gasteiger partial charge in [0, 0.05) is 5.71 Å². The average molecular weight is 504 g/mol. The Bertz CT molecular complexity index is 1040. The van der Waals surface area contributed by atoms with Gasteiger partial charge in [-0.3, -0.25) is 9.10 Å². The van der Waals surface area contributed by atoms with Gasteiger partial charge in [0.1, 0.15) is 6.54 Å². The van der Waals surface area contributed by atoms with E-state index in [4.69, 9.17) is 11.6 Å². The predicted octanol–water partition coefficient (Wildman–Crippen LogP) is 6.31. The van der Waals surface area contributed by atoms with Gasteiger partial charge in [-0.25, -0.2) is 13.8 Å². The fourth-order valence-electron chi connectivity index (χ4n) is 4.11. The Kier molecular flexibility index (Phi) is 10.4. The van der Waals surface area contributed by atoms with E-state index < -0.39 is 22.5 Å². The van der Waals surface area contributed by atoms with E-state index in [0.717, 1.165) is 35.7 Å². The molecule has 0 atom stereocenters. The van der Waals surface area contributed by atoms with Gasteiger partial charge in [-0.05, 0) is 49.9 Å². The summed E-state index contributed by atoms with van der Waals surface area (Å²) in [5, 5.41) is 4.65. The summed E-state index contributed by atoms with van der Waals surface area (Å²) in [5.74, 6) is -0.502. The molecule has 0 aliphatic heterocycles. The molecule has 0 saturated heterocycles. The molecule has 0 unspecified atom stereocenters. The maximum atomic E-state index is 13.4. The fraction of sp³-hybridized carbons (Fsp3) is 0.462. The van der Waals surface area contributed by atoms with Crippen LogP contribution in [0.5, 0.6) is 0 Å². The Hall–Kier alpha value is -2.38. The van der Waals surface area contributed by atoms with Crippen molar-refractivity contribution >= 4 is 38.9 Å². The van der Waals surface area contributed by atoms with E-state index in [1.54, 1.807) is 42.5 Å². The molecule has 6 nitrogen and oxygen atoms in total. The highest BCUT2D eigenvalue weighted by atomic mass is 35.5. The number of rotatable bonds is 6. The number of para-hydroxylation sites is 1. The minimum atomic E-state index is -4.00. The van der Waals surface area contributed by atoms with Crippen molar-refractivity contribution in [2.45, 2.75) is 75.5 Å². The van der Waals surface area contributed by atoms with Crippen LogP contribution in [0.15, 0.2) is 64.6 Å². The van der Waals surface area contributed by atoms with Crippen molar-refractivity contribution < 1.29 is 13.2 Å². The van der Waals surface area contributed by atoms with Crippen molar-refractivity contribution in [2.24, 2.45) is 5.10 Å². The SMILES string of the molecule is O=C(CN(c1ccccc1Cl)S(=O)(=O)c1ccccc1)NN=C1CCCCCCCCCCC1. The summed E-state index contributed by atoms with van der Waals surface area (Å²) in [6.07, 6.45) is 12.6. The highest BCUT2D eigenvalue weighted by molar-refractivity contribution is 7.92. The van der Waals surface area contributed by atoms with E-state index in [9.17, 15) is 13.2 Å². The van der Waals surface area contributed by atoms with E-state index in [0.29, 0.717) is 0 Å². The molecule has 0 heterocycles. The standard InChI is InChI=1S/C26H34ClN3O3S/c27-24-19-13-14-20-25(24)30(34(32,33)23-17-11-8-12-18-23)21-26(31)29-28-22-15-9-6-4-2-1-3-5-7-10-16-22/h8,11-14,17-20H,1-7,9-10,15-16,21H2,(H,29,31). The maximum Gasteiger partial charge on any atom is 0.264 e. The molecule has 0 aromatic heterocycles. The second-order valence-corrected chi connectivity index (χ2v) is 10.9. The van der Waals surface area contributed by atoms with Crippen LogP contribution in [0.3, 0.4) is 0 Å². The fourth-order valence-corrected chi connectivity index (χ4v) is 5.86. The smallest absolute Gasteiger partial charge is 0.264 e. The topological polar surface area (TPSA) is 78.8 Å². The van der Waals surface area contributed by atoms with E-state index in [-0.39, 0.29) is 15.6 Å². The van der Waals surface area contributed by atoms with Crippen molar-refractivity contribution in [3.8, 4) is 0 Å². The summed E-state index contributed by atoms with van der Waals surface area (Å²) >= 11 is 6.32. The van der Waals surface area contributed by atoms with Crippen LogP contribution < -0.4 is 9.73 Å². The van der Waals surface area contributed by atoms with Gasteiger partial charge in [0.2, 0.25) is 0 Å². The molecule has 1 amide bonds. The molecule has 1 aliphatic carbocycles. The molecule has 0 radical (unpaired) electrons. The van der Waals surface area contributed by atoms with Gasteiger partial charge in [-0.2, -0.15) is 5.10 Å². The number of carbonyl (C=O) groups excluding carboxylic acids is 1. The molecule has 1 N–H and O–H groups in total. The third-order valence-electron chi connectivity index (χ3n) is 6.01. The Balaban J connectivity index is 1.75. The van der Waals surface area contributed by atoms with E-state index >= 15 is 0 Å². The summed E-state index contributed by atoms with van der Waals surface area (Å²) in [6.45, 7) is -0.419. The van der Waals surface area contributed by atoms with Gasteiger partial charge in [0.25, 0.3) is 15.9 Å². The zero-order valence-corrected chi connectivity index (χ0v) is 21.2. The number of hydrazone groups is 1. The number of nitrogens with one attached hydrogen (secondary N) is 1. The van der Waals surface area contributed by atoms with Crippen molar-refractivity contribution in [3.63, 3.8) is 0 Å². The summed E-state index contributed by atoms with van der Waals surface area (Å²) < 4.78 is 27.8. The van der Waals surface area contributed by atoms with Crippen LogP contribution in [0.4, 0.5) is 5.69 Å². The first-order chi connectivity index (χ1) is 16.5. The van der Waals surface area contributed by atoms with Crippen molar-refractivity contribution in [1.82, 2.24) is 5.43 Å². The lowest BCUT2D eigenvalue weighted by molar-refractivity contribution is -0.119. The van der Waals surface area contributed by atoms with Gasteiger partial charge in [0.05, 0.1) is 15.6 Å². The molecule has 0 spiro atoms. The molecular formula is C26H34ClN3O3S. The van der Waals surface area contributed by atoms with Crippen molar-refractivity contribution in [2.75, 3.05) is 10.8 Å². The number of carbonyl (C=O) groups is 1. The molecule has 2 aromatic carbocycles. The minimum absolute atomic E-state index is 0.0911. The summed E-state index contributed by atoms with van der Waals surface area (Å²) in [6, 6.07) is 14.6. The van der Waals surface area contributed by atoms with Crippen LogP contribution >= 0.6 is 11.6 Å². The number of halogens is 1. The number of hydrogen-bond donors (Lipinski definition) is 1. The van der Waals surface area contributed by atoms with Gasteiger partial charge in [0.15, 0.2) is 0 Å². The first-order valence-electron chi connectivity index (χ1n) is 12.1. The molecule has 0 bridgehead atoms. The number of nitrogens with zero attached hydrogens (tertiary/aromatic N) is 2. The third kappa shape index (κ3) is 7.84. The van der Waals surface area contributed by atoms with Gasteiger partial charge >= 0.3 is 0 Å². The van der Waals surface area contributed by atoms with Gasteiger partial charge < -0.3 is 0 Å². The average Bonchev–Trinajstić information content (AvgIpc) is 2.83. The van der Waals surface area contributed by atoms with Gasteiger partial charge in [-0.15, -0.1) is 0 Å². The Labute approximate surface area is 208 Å².